The molecule has 5 heteroatoms. The van der Waals surface area contributed by atoms with Crippen molar-refractivity contribution in [1.82, 2.24) is 10.6 Å². The first-order chi connectivity index (χ1) is 7.04. The number of nitrogens with one attached hydrogen (secondary N) is 2. The minimum Gasteiger partial charge on any atom is -0.350 e. The van der Waals surface area contributed by atoms with Gasteiger partial charge in [0.05, 0.1) is 0 Å². The SMILES string of the molecule is CCOC1NC(=O)C(CC(C)C)NC1=O. The van der Waals surface area contributed by atoms with Crippen molar-refractivity contribution in [1.29, 1.82) is 0 Å². The van der Waals surface area contributed by atoms with Crippen molar-refractivity contribution in [2.75, 3.05) is 6.61 Å². The van der Waals surface area contributed by atoms with E-state index in [1.54, 1.807) is 6.92 Å². The quantitative estimate of drug-likeness (QED) is 0.692. The van der Waals surface area contributed by atoms with Crippen molar-refractivity contribution in [2.24, 2.45) is 5.92 Å². The number of piperazine rings is 1. The molecule has 1 heterocycles. The van der Waals surface area contributed by atoms with E-state index in [2.05, 4.69) is 10.6 Å². The lowest BCUT2D eigenvalue weighted by Crippen LogP contribution is -2.62. The summed E-state index contributed by atoms with van der Waals surface area (Å²) in [5.74, 6) is -0.0615. The molecule has 86 valence electrons. The van der Waals surface area contributed by atoms with E-state index in [0.29, 0.717) is 18.9 Å². The van der Waals surface area contributed by atoms with E-state index in [-0.39, 0.29) is 11.8 Å². The maximum Gasteiger partial charge on any atom is 0.270 e. The Morgan fingerprint density at radius 1 is 1.27 bits per heavy atom. The standard InChI is InChI=1S/C10H18N2O3/c1-4-15-10-9(14)11-7(5-6(2)3)8(13)12-10/h6-7,10H,4-5H2,1-3H3,(H,11,14)(H,12,13). The molecule has 0 aromatic heterocycles. The molecule has 0 saturated carbocycles. The van der Waals surface area contributed by atoms with Crippen LogP contribution in [-0.2, 0) is 14.3 Å². The van der Waals surface area contributed by atoms with E-state index in [4.69, 9.17) is 4.74 Å². The summed E-state index contributed by atoms with van der Waals surface area (Å²) in [5, 5.41) is 5.21. The fraction of sp³-hybridized carbons (Fsp3) is 0.800. The highest BCUT2D eigenvalue weighted by atomic mass is 16.5. The zero-order chi connectivity index (χ0) is 11.4. The van der Waals surface area contributed by atoms with Gasteiger partial charge in [-0.3, -0.25) is 9.59 Å². The predicted molar refractivity (Wildman–Crippen MR) is 54.9 cm³/mol. The summed E-state index contributed by atoms with van der Waals surface area (Å²) in [6, 6.07) is -0.422. The molecule has 0 aromatic carbocycles. The largest absolute Gasteiger partial charge is 0.350 e. The highest BCUT2D eigenvalue weighted by molar-refractivity contribution is 5.96. The zero-order valence-electron chi connectivity index (χ0n) is 9.37. The molecule has 1 rings (SSSR count). The van der Waals surface area contributed by atoms with Crippen LogP contribution in [0.15, 0.2) is 0 Å². The topological polar surface area (TPSA) is 67.4 Å². The second-order valence-electron chi connectivity index (χ2n) is 4.03. The lowest BCUT2D eigenvalue weighted by Gasteiger charge is -2.29. The molecule has 1 fully saturated rings. The maximum absolute atomic E-state index is 11.6. The van der Waals surface area contributed by atoms with Crippen molar-refractivity contribution >= 4 is 11.8 Å². The molecule has 1 saturated heterocycles. The van der Waals surface area contributed by atoms with E-state index in [9.17, 15) is 9.59 Å². The van der Waals surface area contributed by atoms with Crippen LogP contribution in [0, 0.1) is 5.92 Å². The van der Waals surface area contributed by atoms with Crippen molar-refractivity contribution in [3.05, 3.63) is 0 Å². The third kappa shape index (κ3) is 3.20. The third-order valence-corrected chi connectivity index (χ3v) is 2.18. The van der Waals surface area contributed by atoms with Crippen molar-refractivity contribution in [2.45, 2.75) is 39.5 Å². The van der Waals surface area contributed by atoms with Crippen molar-refractivity contribution < 1.29 is 14.3 Å². The Hall–Kier alpha value is -1.10. The molecule has 1 aliphatic rings. The number of rotatable bonds is 4. The molecule has 0 spiro atoms. The Balaban J connectivity index is 2.55. The number of amides is 2. The average Bonchev–Trinajstić information content (AvgIpc) is 2.13. The van der Waals surface area contributed by atoms with Crippen LogP contribution in [0.4, 0.5) is 0 Å². The van der Waals surface area contributed by atoms with Gasteiger partial charge in [0.2, 0.25) is 12.1 Å². The van der Waals surface area contributed by atoms with E-state index in [1.165, 1.54) is 0 Å². The van der Waals surface area contributed by atoms with Gasteiger partial charge in [-0.05, 0) is 19.3 Å². The molecule has 5 nitrogen and oxygen atoms in total. The monoisotopic (exact) mass is 214 g/mol. The van der Waals surface area contributed by atoms with Gasteiger partial charge in [-0.15, -0.1) is 0 Å². The lowest BCUT2D eigenvalue weighted by molar-refractivity contribution is -0.148. The minimum absolute atomic E-state index is 0.165. The Labute approximate surface area is 89.6 Å². The number of carbonyl (C=O) groups excluding carboxylic acids is 2. The fourth-order valence-electron chi connectivity index (χ4n) is 1.53. The van der Waals surface area contributed by atoms with E-state index in [1.807, 2.05) is 13.8 Å². The van der Waals surface area contributed by atoms with Crippen molar-refractivity contribution in [3.63, 3.8) is 0 Å². The van der Waals surface area contributed by atoms with Crippen LogP contribution in [0.5, 0.6) is 0 Å². The molecule has 1 aliphatic heterocycles. The molecule has 2 unspecified atom stereocenters. The minimum atomic E-state index is -0.828. The fourth-order valence-corrected chi connectivity index (χ4v) is 1.53. The normalized spacial score (nSPS) is 26.4. The zero-order valence-corrected chi connectivity index (χ0v) is 9.37. The first-order valence-corrected chi connectivity index (χ1v) is 5.27. The van der Waals surface area contributed by atoms with E-state index < -0.39 is 12.3 Å². The summed E-state index contributed by atoms with van der Waals surface area (Å²) in [7, 11) is 0. The number of hydrogen-bond donors (Lipinski definition) is 2. The van der Waals surface area contributed by atoms with Gasteiger partial charge in [0.25, 0.3) is 5.91 Å². The Kier molecular flexibility index (Phi) is 4.08. The van der Waals surface area contributed by atoms with Gasteiger partial charge in [0.15, 0.2) is 0 Å². The van der Waals surface area contributed by atoms with Crippen LogP contribution in [0.25, 0.3) is 0 Å². The van der Waals surface area contributed by atoms with E-state index >= 15 is 0 Å². The van der Waals surface area contributed by atoms with Crippen LogP contribution < -0.4 is 10.6 Å². The number of hydrogen-bond acceptors (Lipinski definition) is 3. The molecular formula is C10H18N2O3. The highest BCUT2D eigenvalue weighted by Crippen LogP contribution is 2.08. The Morgan fingerprint density at radius 3 is 2.47 bits per heavy atom. The van der Waals surface area contributed by atoms with E-state index in [0.717, 1.165) is 0 Å². The first kappa shape index (κ1) is 12.0. The van der Waals surface area contributed by atoms with Gasteiger partial charge in [0, 0.05) is 6.61 Å². The molecule has 0 aliphatic carbocycles. The van der Waals surface area contributed by atoms with Gasteiger partial charge in [0.1, 0.15) is 6.04 Å². The van der Waals surface area contributed by atoms with Crippen LogP contribution in [0.1, 0.15) is 27.2 Å². The van der Waals surface area contributed by atoms with Gasteiger partial charge in [-0.2, -0.15) is 0 Å². The molecular weight excluding hydrogens is 196 g/mol. The molecule has 0 bridgehead atoms. The first-order valence-electron chi connectivity index (χ1n) is 5.27. The molecule has 2 amide bonds. The van der Waals surface area contributed by atoms with Crippen LogP contribution >= 0.6 is 0 Å². The maximum atomic E-state index is 11.6. The lowest BCUT2D eigenvalue weighted by atomic mass is 10.0. The molecule has 0 radical (unpaired) electrons. The van der Waals surface area contributed by atoms with Gasteiger partial charge in [-0.25, -0.2) is 0 Å². The summed E-state index contributed by atoms with van der Waals surface area (Å²) < 4.78 is 5.07. The smallest absolute Gasteiger partial charge is 0.270 e. The second kappa shape index (κ2) is 5.11. The second-order valence-corrected chi connectivity index (χ2v) is 4.03. The molecule has 0 aromatic rings. The van der Waals surface area contributed by atoms with Gasteiger partial charge >= 0.3 is 0 Å². The van der Waals surface area contributed by atoms with Crippen LogP contribution in [-0.4, -0.2) is 30.7 Å². The summed E-state index contributed by atoms with van der Waals surface area (Å²) in [4.78, 5) is 23.0. The highest BCUT2D eigenvalue weighted by Gasteiger charge is 2.33. The van der Waals surface area contributed by atoms with Gasteiger partial charge < -0.3 is 15.4 Å². The summed E-state index contributed by atoms with van der Waals surface area (Å²) in [5.41, 5.74) is 0. The van der Waals surface area contributed by atoms with Crippen molar-refractivity contribution in [3.8, 4) is 0 Å². The molecule has 15 heavy (non-hydrogen) atoms. The molecule has 2 atom stereocenters. The Bertz CT molecular complexity index is 253. The number of ether oxygens (including phenoxy) is 1. The van der Waals surface area contributed by atoms with Gasteiger partial charge in [-0.1, -0.05) is 13.8 Å². The average molecular weight is 214 g/mol. The number of carbonyl (C=O) groups is 2. The third-order valence-electron chi connectivity index (χ3n) is 2.18. The predicted octanol–water partition coefficient (Wildman–Crippen LogP) is 0.00970. The van der Waals surface area contributed by atoms with Crippen LogP contribution in [0.3, 0.4) is 0 Å². The summed E-state index contributed by atoms with van der Waals surface area (Å²) >= 11 is 0. The summed E-state index contributed by atoms with van der Waals surface area (Å²) in [6.07, 6.45) is -0.179. The molecule has 2 N–H and O–H groups in total. The Morgan fingerprint density at radius 2 is 1.93 bits per heavy atom. The summed E-state index contributed by atoms with van der Waals surface area (Å²) in [6.45, 7) is 6.19. The van der Waals surface area contributed by atoms with Crippen LogP contribution in [0.2, 0.25) is 0 Å².